The second-order valence-electron chi connectivity index (χ2n) is 6.53. The Labute approximate surface area is 159 Å². The summed E-state index contributed by atoms with van der Waals surface area (Å²) in [5, 5.41) is 4.13. The molecule has 0 N–H and O–H groups in total. The van der Waals surface area contributed by atoms with Gasteiger partial charge in [-0.1, -0.05) is 23.4 Å². The number of hydrogen-bond donors (Lipinski definition) is 0. The zero-order valence-electron chi connectivity index (χ0n) is 14.3. The Bertz CT molecular complexity index is 1110. The van der Waals surface area contributed by atoms with E-state index in [1.165, 1.54) is 0 Å². The quantitative estimate of drug-likeness (QED) is 0.544. The van der Waals surface area contributed by atoms with Crippen molar-refractivity contribution in [2.75, 3.05) is 13.1 Å². The molecule has 5 rings (SSSR count). The van der Waals surface area contributed by atoms with Crippen LogP contribution in [0.3, 0.4) is 0 Å². The second kappa shape index (κ2) is 6.55. The highest BCUT2D eigenvalue weighted by Gasteiger charge is 2.31. The predicted octanol–water partition coefficient (Wildman–Crippen LogP) is 3.37. The van der Waals surface area contributed by atoms with Crippen LogP contribution in [0.2, 0.25) is 0 Å². The van der Waals surface area contributed by atoms with Crippen molar-refractivity contribution < 1.29 is 9.32 Å². The normalized spacial score (nSPS) is 16.9. The lowest BCUT2D eigenvalue weighted by molar-refractivity contribution is 0.0790. The van der Waals surface area contributed by atoms with Gasteiger partial charge in [-0.15, -0.1) is 0 Å². The number of fused-ring (bicyclic) bond motifs is 1. The number of hydrogen-bond acceptors (Lipinski definition) is 7. The van der Waals surface area contributed by atoms with Crippen molar-refractivity contribution in [1.82, 2.24) is 23.8 Å². The fourth-order valence-electron chi connectivity index (χ4n) is 3.35. The van der Waals surface area contributed by atoms with Crippen molar-refractivity contribution in [3.05, 3.63) is 59.9 Å². The molecule has 0 saturated carbocycles. The van der Waals surface area contributed by atoms with Crippen molar-refractivity contribution in [2.45, 2.75) is 12.3 Å². The SMILES string of the molecule is O=C(c1ccc2nsnc2c1)N1CCC(c2noc(-c3ccccc3)n2)C1. The highest BCUT2D eigenvalue weighted by Crippen LogP contribution is 2.28. The van der Waals surface area contributed by atoms with Gasteiger partial charge in [0.25, 0.3) is 11.8 Å². The molecule has 8 heteroatoms. The number of nitrogens with zero attached hydrogens (tertiary/aromatic N) is 5. The third-order valence-corrected chi connectivity index (χ3v) is 5.36. The number of rotatable bonds is 3. The summed E-state index contributed by atoms with van der Waals surface area (Å²) in [7, 11) is 0. The van der Waals surface area contributed by atoms with E-state index < -0.39 is 0 Å². The average Bonchev–Trinajstić information content (AvgIpc) is 3.47. The molecule has 1 aliphatic heterocycles. The van der Waals surface area contributed by atoms with Gasteiger partial charge in [0.2, 0.25) is 0 Å². The fraction of sp³-hybridized carbons (Fsp3) is 0.211. The first-order valence-electron chi connectivity index (χ1n) is 8.68. The molecule has 0 spiro atoms. The molecule has 4 aromatic rings. The monoisotopic (exact) mass is 377 g/mol. The smallest absolute Gasteiger partial charge is 0.257 e. The zero-order chi connectivity index (χ0) is 18.2. The van der Waals surface area contributed by atoms with Crippen LogP contribution < -0.4 is 0 Å². The molecule has 0 aliphatic carbocycles. The highest BCUT2D eigenvalue weighted by molar-refractivity contribution is 7.00. The van der Waals surface area contributed by atoms with Crippen molar-refractivity contribution in [3.8, 4) is 11.5 Å². The van der Waals surface area contributed by atoms with E-state index in [0.717, 1.165) is 34.7 Å². The molecule has 0 bridgehead atoms. The molecule has 2 aromatic carbocycles. The molecule has 1 aliphatic rings. The minimum Gasteiger partial charge on any atom is -0.338 e. The van der Waals surface area contributed by atoms with Crippen LogP contribution in [0.4, 0.5) is 0 Å². The maximum absolute atomic E-state index is 12.8. The van der Waals surface area contributed by atoms with E-state index in [9.17, 15) is 4.79 Å². The van der Waals surface area contributed by atoms with E-state index in [-0.39, 0.29) is 11.8 Å². The molecule has 3 heterocycles. The minimum absolute atomic E-state index is 0.000761. The topological polar surface area (TPSA) is 85.0 Å². The lowest BCUT2D eigenvalue weighted by Crippen LogP contribution is -2.28. The van der Waals surface area contributed by atoms with Gasteiger partial charge in [0.1, 0.15) is 11.0 Å². The first-order chi connectivity index (χ1) is 13.3. The van der Waals surface area contributed by atoms with E-state index >= 15 is 0 Å². The predicted molar refractivity (Wildman–Crippen MR) is 100 cm³/mol. The Morgan fingerprint density at radius 3 is 2.85 bits per heavy atom. The van der Waals surface area contributed by atoms with Crippen molar-refractivity contribution in [1.29, 1.82) is 0 Å². The molecular formula is C19H15N5O2S. The zero-order valence-corrected chi connectivity index (χ0v) is 15.1. The van der Waals surface area contributed by atoms with Gasteiger partial charge < -0.3 is 9.42 Å². The average molecular weight is 377 g/mol. The van der Waals surface area contributed by atoms with Gasteiger partial charge in [0.05, 0.1) is 11.7 Å². The van der Waals surface area contributed by atoms with Crippen LogP contribution in [0.25, 0.3) is 22.5 Å². The Morgan fingerprint density at radius 1 is 1.11 bits per heavy atom. The maximum atomic E-state index is 12.8. The standard InChI is InChI=1S/C19H15N5O2S/c25-19(13-6-7-15-16(10-13)23-27-22-15)24-9-8-14(11-24)17-20-18(26-21-17)12-4-2-1-3-5-12/h1-7,10,14H,8-9,11H2. The molecule has 1 unspecified atom stereocenters. The first kappa shape index (κ1) is 16.1. The molecule has 27 heavy (non-hydrogen) atoms. The Morgan fingerprint density at radius 2 is 1.96 bits per heavy atom. The second-order valence-corrected chi connectivity index (χ2v) is 7.06. The molecule has 1 saturated heterocycles. The Balaban J connectivity index is 1.32. The Hall–Kier alpha value is -3.13. The lowest BCUT2D eigenvalue weighted by atomic mass is 10.1. The van der Waals surface area contributed by atoms with Gasteiger partial charge in [0, 0.05) is 30.1 Å². The maximum Gasteiger partial charge on any atom is 0.257 e. The van der Waals surface area contributed by atoms with Gasteiger partial charge in [-0.3, -0.25) is 4.79 Å². The molecule has 1 atom stereocenters. The third-order valence-electron chi connectivity index (χ3n) is 4.80. The van der Waals surface area contributed by atoms with E-state index in [1.807, 2.05) is 41.3 Å². The van der Waals surface area contributed by atoms with Crippen LogP contribution in [0.15, 0.2) is 53.1 Å². The lowest BCUT2D eigenvalue weighted by Gasteiger charge is -2.15. The number of carbonyl (C=O) groups is 1. The number of carbonyl (C=O) groups excluding carboxylic acids is 1. The molecule has 0 radical (unpaired) electrons. The number of aromatic nitrogens is 4. The van der Waals surface area contributed by atoms with Gasteiger partial charge in [-0.05, 0) is 36.8 Å². The summed E-state index contributed by atoms with van der Waals surface area (Å²) in [6.07, 6.45) is 0.819. The number of likely N-dealkylation sites (tertiary alicyclic amines) is 1. The van der Waals surface area contributed by atoms with Crippen LogP contribution in [0, 0.1) is 0 Å². The summed E-state index contributed by atoms with van der Waals surface area (Å²) in [4.78, 5) is 19.2. The van der Waals surface area contributed by atoms with Gasteiger partial charge >= 0.3 is 0 Å². The minimum atomic E-state index is -0.000761. The van der Waals surface area contributed by atoms with Crippen LogP contribution >= 0.6 is 11.7 Å². The van der Waals surface area contributed by atoms with Crippen molar-refractivity contribution >= 4 is 28.7 Å². The van der Waals surface area contributed by atoms with Crippen LogP contribution in [-0.2, 0) is 0 Å². The molecule has 1 fully saturated rings. The number of benzene rings is 2. The molecule has 134 valence electrons. The largest absolute Gasteiger partial charge is 0.338 e. The summed E-state index contributed by atoms with van der Waals surface area (Å²) in [5.41, 5.74) is 3.10. The summed E-state index contributed by atoms with van der Waals surface area (Å²) in [6, 6.07) is 15.1. The molecular weight excluding hydrogens is 362 g/mol. The summed E-state index contributed by atoms with van der Waals surface area (Å²) in [5.74, 6) is 1.25. The van der Waals surface area contributed by atoms with Gasteiger partial charge in [-0.2, -0.15) is 13.7 Å². The van der Waals surface area contributed by atoms with Gasteiger partial charge in [0.15, 0.2) is 5.82 Å². The van der Waals surface area contributed by atoms with Crippen LogP contribution in [0.1, 0.15) is 28.5 Å². The Kier molecular flexibility index (Phi) is 3.90. The van der Waals surface area contributed by atoms with E-state index in [4.69, 9.17) is 4.52 Å². The first-order valence-corrected chi connectivity index (χ1v) is 9.41. The number of amides is 1. The fourth-order valence-corrected chi connectivity index (χ4v) is 3.87. The van der Waals surface area contributed by atoms with Crippen molar-refractivity contribution in [2.24, 2.45) is 0 Å². The summed E-state index contributed by atoms with van der Waals surface area (Å²) < 4.78 is 13.8. The highest BCUT2D eigenvalue weighted by atomic mass is 32.1. The van der Waals surface area contributed by atoms with E-state index in [0.29, 0.717) is 30.4 Å². The molecule has 1 amide bonds. The van der Waals surface area contributed by atoms with E-state index in [1.54, 1.807) is 12.1 Å². The molecule has 7 nitrogen and oxygen atoms in total. The van der Waals surface area contributed by atoms with Crippen molar-refractivity contribution in [3.63, 3.8) is 0 Å². The molecule has 2 aromatic heterocycles. The third kappa shape index (κ3) is 2.97. The van der Waals surface area contributed by atoms with Crippen LogP contribution in [-0.4, -0.2) is 42.8 Å². The van der Waals surface area contributed by atoms with Gasteiger partial charge in [-0.25, -0.2) is 0 Å². The van der Waals surface area contributed by atoms with E-state index in [2.05, 4.69) is 18.9 Å². The van der Waals surface area contributed by atoms with Crippen LogP contribution in [0.5, 0.6) is 0 Å². The summed E-state index contributed by atoms with van der Waals surface area (Å²) >= 11 is 1.15. The summed E-state index contributed by atoms with van der Waals surface area (Å²) in [6.45, 7) is 1.26.